The van der Waals surface area contributed by atoms with Crippen LogP contribution in [0.5, 0.6) is 0 Å². The van der Waals surface area contributed by atoms with E-state index in [1.165, 1.54) is 6.07 Å². The summed E-state index contributed by atoms with van der Waals surface area (Å²) in [5.74, 6) is -0.222. The van der Waals surface area contributed by atoms with Crippen molar-refractivity contribution in [3.05, 3.63) is 70.0 Å². The highest BCUT2D eigenvalue weighted by molar-refractivity contribution is 7.84. The Morgan fingerprint density at radius 3 is 2.45 bits per heavy atom. The van der Waals surface area contributed by atoms with Crippen molar-refractivity contribution in [2.75, 3.05) is 5.75 Å². The first-order chi connectivity index (χ1) is 10.5. The summed E-state index contributed by atoms with van der Waals surface area (Å²) in [7, 11) is -1.15. The zero-order valence-corrected chi connectivity index (χ0v) is 13.3. The van der Waals surface area contributed by atoms with Crippen molar-refractivity contribution in [2.24, 2.45) is 5.73 Å². The van der Waals surface area contributed by atoms with Crippen LogP contribution in [0.2, 0.25) is 5.02 Å². The zero-order chi connectivity index (χ0) is 16.1. The van der Waals surface area contributed by atoms with Crippen LogP contribution >= 0.6 is 11.6 Å². The molecule has 3 nitrogen and oxygen atoms in total. The molecular weight excluding hydrogens is 325 g/mol. The average molecular weight is 340 g/mol. The molecule has 0 aliphatic heterocycles. The number of nitrogens with two attached hydrogens (primary N) is 1. The van der Waals surface area contributed by atoms with Crippen molar-refractivity contribution in [3.8, 4) is 0 Å². The van der Waals surface area contributed by atoms with Gasteiger partial charge in [0.25, 0.3) is 0 Å². The monoisotopic (exact) mass is 339 g/mol. The van der Waals surface area contributed by atoms with Crippen LogP contribution in [-0.4, -0.2) is 15.9 Å². The summed E-state index contributed by atoms with van der Waals surface area (Å²) in [4.78, 5) is 11.0. The van der Waals surface area contributed by atoms with E-state index < -0.39 is 16.7 Å². The van der Waals surface area contributed by atoms with E-state index in [9.17, 15) is 13.4 Å². The van der Waals surface area contributed by atoms with Crippen LogP contribution in [0, 0.1) is 5.82 Å². The van der Waals surface area contributed by atoms with E-state index in [-0.39, 0.29) is 5.82 Å². The quantitative estimate of drug-likeness (QED) is 0.879. The summed E-state index contributed by atoms with van der Waals surface area (Å²) in [6, 6.07) is 11.1. The fraction of sp³-hybridized carbons (Fsp3) is 0.188. The van der Waals surface area contributed by atoms with Crippen molar-refractivity contribution < 1.29 is 13.4 Å². The van der Waals surface area contributed by atoms with Crippen molar-refractivity contribution in [1.82, 2.24) is 0 Å². The first-order valence-electron chi connectivity index (χ1n) is 6.64. The van der Waals surface area contributed by atoms with Crippen LogP contribution in [0.1, 0.15) is 21.5 Å². The molecule has 2 N–H and O–H groups in total. The van der Waals surface area contributed by atoms with Crippen molar-refractivity contribution in [3.63, 3.8) is 0 Å². The predicted molar refractivity (Wildman–Crippen MR) is 86.8 cm³/mol. The lowest BCUT2D eigenvalue weighted by atomic mass is 10.1. The second-order valence-corrected chi connectivity index (χ2v) is 6.78. The molecule has 1 unspecified atom stereocenters. The Kier molecular flexibility index (Phi) is 5.69. The molecule has 22 heavy (non-hydrogen) atoms. The summed E-state index contributed by atoms with van der Waals surface area (Å²) in [6.45, 7) is 0. The van der Waals surface area contributed by atoms with E-state index in [0.29, 0.717) is 34.1 Å². The molecule has 6 heteroatoms. The van der Waals surface area contributed by atoms with E-state index in [1.54, 1.807) is 36.4 Å². The highest BCUT2D eigenvalue weighted by Gasteiger charge is 2.10. The normalized spacial score (nSPS) is 12.1. The van der Waals surface area contributed by atoms with Crippen LogP contribution in [-0.2, 0) is 23.0 Å². The minimum atomic E-state index is -1.15. The maximum absolute atomic E-state index is 13.6. The second-order valence-electron chi connectivity index (χ2n) is 4.80. The summed E-state index contributed by atoms with van der Waals surface area (Å²) in [5.41, 5.74) is 6.79. The molecule has 2 aromatic rings. The third-order valence-electron chi connectivity index (χ3n) is 3.21. The minimum Gasteiger partial charge on any atom is -0.366 e. The summed E-state index contributed by atoms with van der Waals surface area (Å²) in [6.07, 6.45) is 0.317. The smallest absolute Gasteiger partial charge is 0.248 e. The maximum Gasteiger partial charge on any atom is 0.248 e. The molecule has 116 valence electrons. The number of amides is 1. The van der Waals surface area contributed by atoms with Gasteiger partial charge in [0.15, 0.2) is 0 Å². The van der Waals surface area contributed by atoms with E-state index in [2.05, 4.69) is 0 Å². The van der Waals surface area contributed by atoms with Gasteiger partial charge in [-0.25, -0.2) is 4.39 Å². The first-order valence-corrected chi connectivity index (χ1v) is 8.50. The Morgan fingerprint density at radius 1 is 1.18 bits per heavy atom. The topological polar surface area (TPSA) is 60.2 Å². The van der Waals surface area contributed by atoms with Gasteiger partial charge in [-0.15, -0.1) is 0 Å². The van der Waals surface area contributed by atoms with E-state index >= 15 is 0 Å². The highest BCUT2D eigenvalue weighted by atomic mass is 35.5. The molecule has 0 aliphatic carbocycles. The second kappa shape index (κ2) is 7.51. The number of halogens is 2. The highest BCUT2D eigenvalue weighted by Crippen LogP contribution is 2.20. The molecule has 0 aliphatic rings. The fourth-order valence-corrected chi connectivity index (χ4v) is 3.41. The lowest BCUT2D eigenvalue weighted by molar-refractivity contribution is 0.100. The number of hydrogen-bond donors (Lipinski definition) is 1. The van der Waals surface area contributed by atoms with Gasteiger partial charge < -0.3 is 5.73 Å². The Labute approximate surface area is 135 Å². The van der Waals surface area contributed by atoms with Crippen LogP contribution in [0.15, 0.2) is 42.5 Å². The number of benzene rings is 2. The Bertz CT molecular complexity index is 684. The standard InChI is InChI=1S/C16H15ClFNO2S/c17-14-2-1-3-15(18)13(14)8-9-22(21)10-11-4-6-12(7-5-11)16(19)20/h1-7H,8-10H2,(H2,19,20). The fourth-order valence-electron chi connectivity index (χ4n) is 2.01. The summed E-state index contributed by atoms with van der Waals surface area (Å²) < 4.78 is 25.7. The van der Waals surface area contributed by atoms with Crippen molar-refractivity contribution in [1.29, 1.82) is 0 Å². The van der Waals surface area contributed by atoms with E-state index in [0.717, 1.165) is 5.56 Å². The van der Waals surface area contributed by atoms with Crippen molar-refractivity contribution >= 4 is 28.3 Å². The Balaban J connectivity index is 1.94. The number of primary amides is 1. The molecule has 2 aromatic carbocycles. The van der Waals surface area contributed by atoms with E-state index in [1.807, 2.05) is 0 Å². The molecule has 0 saturated carbocycles. The Hall–Kier alpha value is -1.72. The lowest BCUT2D eigenvalue weighted by Gasteiger charge is -2.06. The van der Waals surface area contributed by atoms with Crippen LogP contribution in [0.3, 0.4) is 0 Å². The molecule has 0 saturated heterocycles. The largest absolute Gasteiger partial charge is 0.366 e. The van der Waals surface area contributed by atoms with Crippen LogP contribution in [0.25, 0.3) is 0 Å². The lowest BCUT2D eigenvalue weighted by Crippen LogP contribution is -2.11. The van der Waals surface area contributed by atoms with Gasteiger partial charge in [0.05, 0.1) is 0 Å². The van der Waals surface area contributed by atoms with Gasteiger partial charge in [-0.05, 0) is 36.2 Å². The molecular formula is C16H15ClFNO2S. The molecule has 1 amide bonds. The third kappa shape index (κ3) is 4.39. The number of carbonyl (C=O) groups excluding carboxylic acids is 1. The number of hydrogen-bond acceptors (Lipinski definition) is 2. The molecule has 2 rings (SSSR count). The average Bonchev–Trinajstić information content (AvgIpc) is 2.47. The summed E-state index contributed by atoms with van der Waals surface area (Å²) in [5, 5.41) is 0.350. The zero-order valence-electron chi connectivity index (χ0n) is 11.7. The number of carbonyl (C=O) groups is 1. The molecule has 0 heterocycles. The Morgan fingerprint density at radius 2 is 1.86 bits per heavy atom. The van der Waals surface area contributed by atoms with Gasteiger partial charge in [-0.2, -0.15) is 0 Å². The molecule has 0 aromatic heterocycles. The van der Waals surface area contributed by atoms with Gasteiger partial charge >= 0.3 is 0 Å². The third-order valence-corrected chi connectivity index (χ3v) is 4.88. The van der Waals surface area contributed by atoms with Gasteiger partial charge in [-0.3, -0.25) is 9.00 Å². The number of rotatable bonds is 6. The minimum absolute atomic E-state index is 0.317. The molecule has 0 fully saturated rings. The van der Waals surface area contributed by atoms with Gasteiger partial charge in [0.1, 0.15) is 5.82 Å². The van der Waals surface area contributed by atoms with E-state index in [4.69, 9.17) is 17.3 Å². The van der Waals surface area contributed by atoms with Gasteiger partial charge in [0, 0.05) is 38.5 Å². The summed E-state index contributed by atoms with van der Waals surface area (Å²) >= 11 is 5.94. The molecule has 1 atom stereocenters. The van der Waals surface area contributed by atoms with Gasteiger partial charge in [0.2, 0.25) is 5.91 Å². The van der Waals surface area contributed by atoms with Crippen molar-refractivity contribution in [2.45, 2.75) is 12.2 Å². The maximum atomic E-state index is 13.6. The molecule has 0 spiro atoms. The predicted octanol–water partition coefficient (Wildman–Crippen LogP) is 3.07. The van der Waals surface area contributed by atoms with Gasteiger partial charge in [-0.1, -0.05) is 29.8 Å². The molecule has 0 bridgehead atoms. The first kappa shape index (κ1) is 16.6. The SMILES string of the molecule is NC(=O)c1ccc(CS(=O)CCc2c(F)cccc2Cl)cc1. The van der Waals surface area contributed by atoms with Crippen LogP contribution < -0.4 is 5.73 Å². The molecule has 0 radical (unpaired) electrons. The van der Waals surface area contributed by atoms with Crippen LogP contribution in [0.4, 0.5) is 4.39 Å².